The maximum atomic E-state index is 14.4. The van der Waals surface area contributed by atoms with Crippen LogP contribution in [0.5, 0.6) is 0 Å². The van der Waals surface area contributed by atoms with Gasteiger partial charge in [-0.2, -0.15) is 0 Å². The number of piperazine rings is 1. The number of nitrogens with zero attached hydrogens (tertiary/aromatic N) is 5. The van der Waals surface area contributed by atoms with Crippen LogP contribution in [-0.4, -0.2) is 53.1 Å². The zero-order valence-electron chi connectivity index (χ0n) is 17.3. The smallest absolute Gasteiger partial charge is 0.227 e. The van der Waals surface area contributed by atoms with Crippen molar-refractivity contribution in [2.75, 3.05) is 43.4 Å². The molecule has 31 heavy (non-hydrogen) atoms. The van der Waals surface area contributed by atoms with Gasteiger partial charge in [-0.15, -0.1) is 0 Å². The van der Waals surface area contributed by atoms with E-state index < -0.39 is 0 Å². The maximum absolute atomic E-state index is 14.4. The van der Waals surface area contributed by atoms with Crippen LogP contribution in [0, 0.1) is 5.82 Å². The summed E-state index contributed by atoms with van der Waals surface area (Å²) < 4.78 is 14.4. The monoisotopic (exact) mass is 414 g/mol. The number of fused-ring (bicyclic) bond motifs is 1. The van der Waals surface area contributed by atoms with E-state index in [9.17, 15) is 4.39 Å². The Kier molecular flexibility index (Phi) is 5.18. The summed E-state index contributed by atoms with van der Waals surface area (Å²) in [5, 5.41) is 4.08. The summed E-state index contributed by atoms with van der Waals surface area (Å²) in [4.78, 5) is 18.3. The molecular weight excluding hydrogens is 391 g/mol. The minimum absolute atomic E-state index is 0.271. The summed E-state index contributed by atoms with van der Waals surface area (Å²) in [6.07, 6.45) is 3.55. The molecule has 0 bridgehead atoms. The Balaban J connectivity index is 1.41. The second-order valence-electron chi connectivity index (χ2n) is 7.74. The maximum Gasteiger partial charge on any atom is 0.227 e. The number of likely N-dealkylation sites (N-methyl/N-ethyl adjacent to an activating group) is 1. The quantitative estimate of drug-likeness (QED) is 0.537. The molecule has 7 heteroatoms. The van der Waals surface area contributed by atoms with Gasteiger partial charge in [0.05, 0.1) is 17.4 Å². The number of pyridine rings is 1. The third-order valence-corrected chi connectivity index (χ3v) is 5.61. The van der Waals surface area contributed by atoms with E-state index >= 15 is 0 Å². The third kappa shape index (κ3) is 4.04. The Hall–Kier alpha value is -3.58. The number of hydrogen-bond acceptors (Lipinski definition) is 6. The second-order valence-corrected chi connectivity index (χ2v) is 7.74. The van der Waals surface area contributed by atoms with Gasteiger partial charge in [-0.3, -0.25) is 0 Å². The lowest BCUT2D eigenvalue weighted by atomic mass is 10.0. The average Bonchev–Trinajstić information content (AvgIpc) is 2.80. The van der Waals surface area contributed by atoms with Crippen molar-refractivity contribution in [1.29, 1.82) is 0 Å². The van der Waals surface area contributed by atoms with E-state index in [1.54, 1.807) is 24.5 Å². The summed E-state index contributed by atoms with van der Waals surface area (Å²) in [6.45, 7) is 4.03. The summed E-state index contributed by atoms with van der Waals surface area (Å²) in [5.41, 5.74) is 2.77. The molecule has 2 aromatic carbocycles. The van der Waals surface area contributed by atoms with Crippen LogP contribution in [-0.2, 0) is 0 Å². The molecule has 156 valence electrons. The fourth-order valence-corrected chi connectivity index (χ4v) is 3.82. The predicted molar refractivity (Wildman–Crippen MR) is 122 cm³/mol. The highest BCUT2D eigenvalue weighted by atomic mass is 19.1. The molecule has 5 rings (SSSR count). The zero-order valence-corrected chi connectivity index (χ0v) is 17.3. The van der Waals surface area contributed by atoms with Crippen LogP contribution in [0.25, 0.3) is 22.0 Å². The first-order valence-electron chi connectivity index (χ1n) is 10.3. The van der Waals surface area contributed by atoms with Crippen LogP contribution in [0.4, 0.5) is 21.8 Å². The van der Waals surface area contributed by atoms with Gasteiger partial charge in [0.15, 0.2) is 0 Å². The van der Waals surface area contributed by atoms with Crippen molar-refractivity contribution in [1.82, 2.24) is 19.9 Å². The molecule has 1 aliphatic rings. The lowest BCUT2D eigenvalue weighted by Crippen LogP contribution is -2.44. The van der Waals surface area contributed by atoms with E-state index in [1.807, 2.05) is 36.4 Å². The van der Waals surface area contributed by atoms with Crippen molar-refractivity contribution in [2.45, 2.75) is 0 Å². The molecule has 4 aromatic rings. The first-order chi connectivity index (χ1) is 15.2. The molecule has 3 heterocycles. The van der Waals surface area contributed by atoms with E-state index in [4.69, 9.17) is 0 Å². The molecule has 0 spiro atoms. The van der Waals surface area contributed by atoms with Crippen LogP contribution in [0.1, 0.15) is 0 Å². The molecule has 0 aliphatic carbocycles. The predicted octanol–water partition coefficient (Wildman–Crippen LogP) is 4.33. The van der Waals surface area contributed by atoms with Gasteiger partial charge in [-0.05, 0) is 25.2 Å². The Bertz CT molecular complexity index is 1200. The molecule has 6 nitrogen and oxygen atoms in total. The van der Waals surface area contributed by atoms with Crippen LogP contribution >= 0.6 is 0 Å². The van der Waals surface area contributed by atoms with Crippen molar-refractivity contribution < 1.29 is 4.39 Å². The molecule has 0 radical (unpaired) electrons. The average molecular weight is 414 g/mol. The highest BCUT2D eigenvalue weighted by Gasteiger charge is 2.15. The molecule has 0 saturated carbocycles. The third-order valence-electron chi connectivity index (χ3n) is 5.61. The molecule has 1 aliphatic heterocycles. The molecule has 1 saturated heterocycles. The standard InChI is InChI=1S/C24H23FN6/c1-30-11-13-31(14-12-30)22-10-9-18(16-26-22)28-24-27-15-17-5-4-7-20(23(17)29-24)19-6-2-3-8-21(19)25/h2-10,15-16H,11-14H2,1H3,(H,27,28,29). The first kappa shape index (κ1) is 19.4. The van der Waals surface area contributed by atoms with Gasteiger partial charge < -0.3 is 15.1 Å². The van der Waals surface area contributed by atoms with E-state index in [2.05, 4.69) is 37.1 Å². The van der Waals surface area contributed by atoms with Gasteiger partial charge >= 0.3 is 0 Å². The van der Waals surface area contributed by atoms with Crippen molar-refractivity contribution in [3.8, 4) is 11.1 Å². The van der Waals surface area contributed by atoms with E-state index in [0.29, 0.717) is 17.0 Å². The fraction of sp³-hybridized carbons (Fsp3) is 0.208. The molecule has 0 amide bonds. The van der Waals surface area contributed by atoms with Gasteiger partial charge in [-0.25, -0.2) is 19.3 Å². The zero-order chi connectivity index (χ0) is 21.2. The second kappa shape index (κ2) is 8.28. The summed E-state index contributed by atoms with van der Waals surface area (Å²) in [7, 11) is 2.14. The highest BCUT2D eigenvalue weighted by molar-refractivity contribution is 5.94. The number of hydrogen-bond donors (Lipinski definition) is 1. The summed E-state index contributed by atoms with van der Waals surface area (Å²) in [6, 6.07) is 16.4. The topological polar surface area (TPSA) is 57.2 Å². The lowest BCUT2D eigenvalue weighted by molar-refractivity contribution is 0.312. The minimum Gasteiger partial charge on any atom is -0.354 e. The van der Waals surface area contributed by atoms with E-state index in [0.717, 1.165) is 48.6 Å². The van der Waals surface area contributed by atoms with E-state index in [-0.39, 0.29) is 5.82 Å². The summed E-state index contributed by atoms with van der Waals surface area (Å²) in [5.74, 6) is 1.15. The van der Waals surface area contributed by atoms with Crippen LogP contribution in [0.15, 0.2) is 67.0 Å². The van der Waals surface area contributed by atoms with Crippen LogP contribution in [0.3, 0.4) is 0 Å². The summed E-state index contributed by atoms with van der Waals surface area (Å²) >= 11 is 0. The largest absolute Gasteiger partial charge is 0.354 e. The number of rotatable bonds is 4. The number of benzene rings is 2. The molecule has 0 atom stereocenters. The van der Waals surface area contributed by atoms with Crippen LogP contribution < -0.4 is 10.2 Å². The first-order valence-corrected chi connectivity index (χ1v) is 10.3. The van der Waals surface area contributed by atoms with Gasteiger partial charge in [0.25, 0.3) is 0 Å². The van der Waals surface area contributed by atoms with Crippen molar-refractivity contribution in [2.24, 2.45) is 0 Å². The Morgan fingerprint density at radius 1 is 0.839 bits per heavy atom. The van der Waals surface area contributed by atoms with Gasteiger partial charge in [0.2, 0.25) is 5.95 Å². The van der Waals surface area contributed by atoms with Gasteiger partial charge in [0, 0.05) is 48.9 Å². The fourth-order valence-electron chi connectivity index (χ4n) is 3.82. The van der Waals surface area contributed by atoms with Crippen molar-refractivity contribution in [3.05, 3.63) is 72.8 Å². The Labute approximate surface area is 180 Å². The normalized spacial score (nSPS) is 14.7. The molecule has 1 N–H and O–H groups in total. The van der Waals surface area contributed by atoms with Gasteiger partial charge in [-0.1, -0.05) is 36.4 Å². The molecule has 2 aromatic heterocycles. The number of halogens is 1. The lowest BCUT2D eigenvalue weighted by Gasteiger charge is -2.33. The number of anilines is 3. The molecule has 0 unspecified atom stereocenters. The number of aromatic nitrogens is 3. The highest BCUT2D eigenvalue weighted by Crippen LogP contribution is 2.30. The van der Waals surface area contributed by atoms with E-state index in [1.165, 1.54) is 6.07 Å². The van der Waals surface area contributed by atoms with Gasteiger partial charge in [0.1, 0.15) is 11.6 Å². The molecular formula is C24H23FN6. The molecule has 1 fully saturated rings. The number of para-hydroxylation sites is 1. The van der Waals surface area contributed by atoms with Crippen molar-refractivity contribution >= 4 is 28.4 Å². The SMILES string of the molecule is CN1CCN(c2ccc(Nc3ncc4cccc(-c5ccccc5F)c4n3)cn2)CC1. The Morgan fingerprint density at radius 2 is 1.65 bits per heavy atom. The number of nitrogens with one attached hydrogen (secondary N) is 1. The Morgan fingerprint density at radius 3 is 2.42 bits per heavy atom. The van der Waals surface area contributed by atoms with Crippen LogP contribution in [0.2, 0.25) is 0 Å². The minimum atomic E-state index is -0.271. The van der Waals surface area contributed by atoms with Crippen molar-refractivity contribution in [3.63, 3.8) is 0 Å².